The standard InChI is InChI=1S/C23H21FN2O2/c24-20-9-4-19(5-10-20)14-16-26-23(27)13-8-18-6-11-22(12-7-18)28-17-21-3-1-2-15-25-21/h1-13,15H,14,16-17H2,(H,26,27)/b13-8+. The van der Waals surface area contributed by atoms with Crippen LogP contribution in [-0.2, 0) is 17.8 Å². The molecule has 0 aliphatic rings. The number of benzene rings is 2. The molecule has 1 N–H and O–H groups in total. The second-order valence-electron chi connectivity index (χ2n) is 6.18. The fraction of sp³-hybridized carbons (Fsp3) is 0.130. The topological polar surface area (TPSA) is 51.2 Å². The maximum atomic E-state index is 12.9. The zero-order valence-electron chi connectivity index (χ0n) is 15.3. The number of hydrogen-bond donors (Lipinski definition) is 1. The summed E-state index contributed by atoms with van der Waals surface area (Å²) >= 11 is 0. The molecule has 1 amide bonds. The molecule has 0 saturated heterocycles. The number of hydrogen-bond acceptors (Lipinski definition) is 3. The van der Waals surface area contributed by atoms with E-state index in [0.717, 1.165) is 22.6 Å². The van der Waals surface area contributed by atoms with Gasteiger partial charge in [-0.05, 0) is 60.0 Å². The van der Waals surface area contributed by atoms with Crippen molar-refractivity contribution in [1.82, 2.24) is 10.3 Å². The Kier molecular flexibility index (Phi) is 6.90. The molecule has 0 spiro atoms. The maximum Gasteiger partial charge on any atom is 0.244 e. The Morgan fingerprint density at radius 1 is 1.04 bits per heavy atom. The third kappa shape index (κ3) is 6.36. The summed E-state index contributed by atoms with van der Waals surface area (Å²) in [4.78, 5) is 16.1. The number of carbonyl (C=O) groups excluding carboxylic acids is 1. The molecule has 1 aromatic heterocycles. The van der Waals surface area contributed by atoms with Gasteiger partial charge in [-0.2, -0.15) is 0 Å². The number of nitrogens with zero attached hydrogens (tertiary/aromatic N) is 1. The van der Waals surface area contributed by atoms with E-state index in [9.17, 15) is 9.18 Å². The first-order valence-corrected chi connectivity index (χ1v) is 9.02. The van der Waals surface area contributed by atoms with E-state index in [1.165, 1.54) is 18.2 Å². The number of amides is 1. The van der Waals surface area contributed by atoms with Crippen LogP contribution in [0.3, 0.4) is 0 Å². The van der Waals surface area contributed by atoms with Crippen molar-refractivity contribution in [2.45, 2.75) is 13.0 Å². The Morgan fingerprint density at radius 3 is 2.54 bits per heavy atom. The summed E-state index contributed by atoms with van der Waals surface area (Å²) in [5.74, 6) is 0.313. The molecule has 0 aliphatic carbocycles. The molecule has 4 nitrogen and oxygen atoms in total. The summed E-state index contributed by atoms with van der Waals surface area (Å²) in [5.41, 5.74) is 2.75. The van der Waals surface area contributed by atoms with Crippen molar-refractivity contribution in [1.29, 1.82) is 0 Å². The minimum atomic E-state index is -0.260. The van der Waals surface area contributed by atoms with Gasteiger partial charge in [0.1, 0.15) is 18.2 Å². The summed E-state index contributed by atoms with van der Waals surface area (Å²) in [6, 6.07) is 19.4. The fourth-order valence-electron chi connectivity index (χ4n) is 2.53. The van der Waals surface area contributed by atoms with Gasteiger partial charge in [0.25, 0.3) is 0 Å². The first-order valence-electron chi connectivity index (χ1n) is 9.02. The van der Waals surface area contributed by atoms with Crippen LogP contribution < -0.4 is 10.1 Å². The van der Waals surface area contributed by atoms with Crippen LogP contribution in [0.4, 0.5) is 4.39 Å². The molecule has 5 heteroatoms. The molecule has 0 unspecified atom stereocenters. The Morgan fingerprint density at radius 2 is 1.82 bits per heavy atom. The van der Waals surface area contributed by atoms with Crippen LogP contribution in [0.2, 0.25) is 0 Å². The Bertz CT molecular complexity index is 908. The number of pyridine rings is 1. The molecule has 3 rings (SSSR count). The van der Waals surface area contributed by atoms with Crippen molar-refractivity contribution in [3.63, 3.8) is 0 Å². The van der Waals surface area contributed by atoms with Gasteiger partial charge in [0.2, 0.25) is 5.91 Å². The summed E-state index contributed by atoms with van der Waals surface area (Å²) in [7, 11) is 0. The lowest BCUT2D eigenvalue weighted by atomic mass is 10.1. The monoisotopic (exact) mass is 376 g/mol. The van der Waals surface area contributed by atoms with Crippen LogP contribution in [-0.4, -0.2) is 17.4 Å². The molecule has 28 heavy (non-hydrogen) atoms. The largest absolute Gasteiger partial charge is 0.487 e. The van der Waals surface area contributed by atoms with E-state index >= 15 is 0 Å². The van der Waals surface area contributed by atoms with Crippen LogP contribution in [0.1, 0.15) is 16.8 Å². The lowest BCUT2D eigenvalue weighted by Crippen LogP contribution is -2.23. The van der Waals surface area contributed by atoms with Gasteiger partial charge in [-0.1, -0.05) is 30.3 Å². The zero-order chi connectivity index (χ0) is 19.6. The van der Waals surface area contributed by atoms with Gasteiger partial charge in [0.05, 0.1) is 5.69 Å². The average molecular weight is 376 g/mol. The summed E-state index contributed by atoms with van der Waals surface area (Å²) in [6.45, 7) is 0.904. The van der Waals surface area contributed by atoms with Crippen LogP contribution in [0.15, 0.2) is 79.0 Å². The minimum Gasteiger partial charge on any atom is -0.487 e. The van der Waals surface area contributed by atoms with E-state index in [1.807, 2.05) is 42.5 Å². The number of nitrogens with one attached hydrogen (secondary N) is 1. The van der Waals surface area contributed by atoms with E-state index in [0.29, 0.717) is 19.6 Å². The second-order valence-corrected chi connectivity index (χ2v) is 6.18. The van der Waals surface area contributed by atoms with E-state index in [2.05, 4.69) is 10.3 Å². The molecular formula is C23H21FN2O2. The molecule has 0 atom stereocenters. The van der Waals surface area contributed by atoms with Gasteiger partial charge in [-0.3, -0.25) is 9.78 Å². The lowest BCUT2D eigenvalue weighted by Gasteiger charge is -2.06. The Balaban J connectivity index is 1.41. The first-order chi connectivity index (χ1) is 13.7. The zero-order valence-corrected chi connectivity index (χ0v) is 15.3. The highest BCUT2D eigenvalue weighted by atomic mass is 19.1. The van der Waals surface area contributed by atoms with Gasteiger partial charge in [-0.15, -0.1) is 0 Å². The van der Waals surface area contributed by atoms with Gasteiger partial charge >= 0.3 is 0 Å². The van der Waals surface area contributed by atoms with Crippen molar-refractivity contribution >= 4 is 12.0 Å². The highest BCUT2D eigenvalue weighted by Gasteiger charge is 1.99. The summed E-state index contributed by atoms with van der Waals surface area (Å²) < 4.78 is 18.5. The summed E-state index contributed by atoms with van der Waals surface area (Å²) in [6.07, 6.45) is 5.63. The van der Waals surface area contributed by atoms with Crippen molar-refractivity contribution in [3.05, 3.63) is 102 Å². The second kappa shape index (κ2) is 10.0. The van der Waals surface area contributed by atoms with E-state index in [1.54, 1.807) is 24.4 Å². The fourth-order valence-corrected chi connectivity index (χ4v) is 2.53. The molecule has 0 bridgehead atoms. The molecule has 0 aliphatic heterocycles. The third-order valence-corrected chi connectivity index (χ3v) is 4.05. The highest BCUT2D eigenvalue weighted by molar-refractivity contribution is 5.91. The average Bonchev–Trinajstić information content (AvgIpc) is 2.74. The SMILES string of the molecule is O=C(/C=C/c1ccc(OCc2ccccn2)cc1)NCCc1ccc(F)cc1. The van der Waals surface area contributed by atoms with Gasteiger partial charge in [0, 0.05) is 18.8 Å². The minimum absolute atomic E-state index is 0.169. The number of rotatable bonds is 8. The van der Waals surface area contributed by atoms with Crippen molar-refractivity contribution < 1.29 is 13.9 Å². The van der Waals surface area contributed by atoms with E-state index in [4.69, 9.17) is 4.74 Å². The normalized spacial score (nSPS) is 10.8. The third-order valence-electron chi connectivity index (χ3n) is 4.05. The number of carbonyl (C=O) groups is 1. The smallest absolute Gasteiger partial charge is 0.244 e. The molecule has 142 valence electrons. The first kappa shape index (κ1) is 19.3. The molecule has 2 aromatic carbocycles. The van der Waals surface area contributed by atoms with E-state index in [-0.39, 0.29) is 11.7 Å². The summed E-state index contributed by atoms with van der Waals surface area (Å²) in [5, 5.41) is 2.81. The van der Waals surface area contributed by atoms with Crippen molar-refractivity contribution in [2.24, 2.45) is 0 Å². The van der Waals surface area contributed by atoms with Crippen molar-refractivity contribution in [2.75, 3.05) is 6.54 Å². The van der Waals surface area contributed by atoms with Gasteiger partial charge < -0.3 is 10.1 Å². The number of aromatic nitrogens is 1. The number of ether oxygens (including phenoxy) is 1. The molecule has 0 saturated carbocycles. The molecule has 3 aromatic rings. The van der Waals surface area contributed by atoms with Gasteiger partial charge in [0.15, 0.2) is 0 Å². The van der Waals surface area contributed by atoms with E-state index < -0.39 is 0 Å². The quantitative estimate of drug-likeness (QED) is 0.600. The lowest BCUT2D eigenvalue weighted by molar-refractivity contribution is -0.116. The van der Waals surface area contributed by atoms with Crippen LogP contribution in [0, 0.1) is 5.82 Å². The van der Waals surface area contributed by atoms with Crippen LogP contribution >= 0.6 is 0 Å². The Hall–Kier alpha value is -3.47. The highest BCUT2D eigenvalue weighted by Crippen LogP contribution is 2.14. The predicted molar refractivity (Wildman–Crippen MR) is 107 cm³/mol. The predicted octanol–water partition coefficient (Wildman–Crippen LogP) is 4.17. The molecule has 0 radical (unpaired) electrons. The van der Waals surface area contributed by atoms with Crippen molar-refractivity contribution in [3.8, 4) is 5.75 Å². The molecular weight excluding hydrogens is 355 g/mol. The molecule has 0 fully saturated rings. The molecule has 1 heterocycles. The van der Waals surface area contributed by atoms with Crippen LogP contribution in [0.25, 0.3) is 6.08 Å². The maximum absolute atomic E-state index is 12.9. The van der Waals surface area contributed by atoms with Gasteiger partial charge in [-0.25, -0.2) is 4.39 Å². The Labute approximate surface area is 163 Å². The number of halogens is 1. The van der Waals surface area contributed by atoms with Crippen LogP contribution in [0.5, 0.6) is 5.75 Å².